The fraction of sp³-hybridized carbons (Fsp3) is 0.188. The molecule has 19 heavy (non-hydrogen) atoms. The fourth-order valence-electron chi connectivity index (χ4n) is 1.83. The standard InChI is InChI=1S/C16H17NO2/c1-12-6-2-3-8-14(12)11-19-16(18)10-13-7-4-5-9-15(13)17/h2-9H,10-11,17H2,1H3. The average molecular weight is 255 g/mol. The summed E-state index contributed by atoms with van der Waals surface area (Å²) in [7, 11) is 0. The van der Waals surface area contributed by atoms with Crippen LogP contribution in [0.5, 0.6) is 0 Å². The first-order valence-corrected chi connectivity index (χ1v) is 6.20. The lowest BCUT2D eigenvalue weighted by Crippen LogP contribution is -2.09. The molecule has 0 bridgehead atoms. The van der Waals surface area contributed by atoms with Gasteiger partial charge in [-0.25, -0.2) is 0 Å². The van der Waals surface area contributed by atoms with E-state index in [1.807, 2.05) is 49.4 Å². The average Bonchev–Trinajstić information content (AvgIpc) is 2.40. The molecule has 0 saturated carbocycles. The minimum absolute atomic E-state index is 0.207. The number of carbonyl (C=O) groups is 1. The van der Waals surface area contributed by atoms with Crippen LogP contribution in [0.2, 0.25) is 0 Å². The SMILES string of the molecule is Cc1ccccc1COC(=O)Cc1ccccc1N. The Hall–Kier alpha value is -2.29. The molecule has 0 aliphatic rings. The first-order valence-electron chi connectivity index (χ1n) is 6.20. The molecule has 0 aliphatic heterocycles. The summed E-state index contributed by atoms with van der Waals surface area (Å²) in [6.45, 7) is 2.30. The molecule has 2 N–H and O–H groups in total. The Bertz CT molecular complexity index is 578. The molecule has 98 valence electrons. The van der Waals surface area contributed by atoms with Crippen LogP contribution in [0.1, 0.15) is 16.7 Å². The Morgan fingerprint density at radius 1 is 1.05 bits per heavy atom. The third-order valence-corrected chi connectivity index (χ3v) is 3.04. The molecule has 0 atom stereocenters. The molecule has 0 radical (unpaired) electrons. The number of nitrogens with two attached hydrogens (primary N) is 1. The van der Waals surface area contributed by atoms with Crippen LogP contribution in [0, 0.1) is 6.92 Å². The van der Waals surface area contributed by atoms with Gasteiger partial charge in [0.2, 0.25) is 0 Å². The Morgan fingerprint density at radius 2 is 1.68 bits per heavy atom. The first-order chi connectivity index (χ1) is 9.16. The van der Waals surface area contributed by atoms with Crippen molar-refractivity contribution in [1.29, 1.82) is 0 Å². The van der Waals surface area contributed by atoms with Crippen LogP contribution in [0.4, 0.5) is 5.69 Å². The van der Waals surface area contributed by atoms with Crippen molar-refractivity contribution in [2.45, 2.75) is 20.0 Å². The number of esters is 1. The van der Waals surface area contributed by atoms with Gasteiger partial charge in [-0.05, 0) is 29.7 Å². The minimum Gasteiger partial charge on any atom is -0.461 e. The number of nitrogen functional groups attached to an aromatic ring is 1. The van der Waals surface area contributed by atoms with Gasteiger partial charge in [0.15, 0.2) is 0 Å². The predicted octanol–water partition coefficient (Wildman–Crippen LogP) is 2.86. The third-order valence-electron chi connectivity index (χ3n) is 3.04. The summed E-state index contributed by atoms with van der Waals surface area (Å²) >= 11 is 0. The van der Waals surface area contributed by atoms with E-state index < -0.39 is 0 Å². The fourth-order valence-corrected chi connectivity index (χ4v) is 1.83. The maximum absolute atomic E-state index is 11.8. The van der Waals surface area contributed by atoms with Crippen LogP contribution in [0.3, 0.4) is 0 Å². The summed E-state index contributed by atoms with van der Waals surface area (Å²) in [5.41, 5.74) is 9.36. The molecule has 3 nitrogen and oxygen atoms in total. The number of hydrogen-bond acceptors (Lipinski definition) is 3. The molecule has 0 heterocycles. The summed E-state index contributed by atoms with van der Waals surface area (Å²) in [6.07, 6.45) is 0.207. The summed E-state index contributed by atoms with van der Waals surface area (Å²) < 4.78 is 5.27. The summed E-state index contributed by atoms with van der Waals surface area (Å²) in [5, 5.41) is 0. The van der Waals surface area contributed by atoms with Gasteiger partial charge in [-0.3, -0.25) is 4.79 Å². The molecule has 0 unspecified atom stereocenters. The van der Waals surface area contributed by atoms with E-state index in [9.17, 15) is 4.79 Å². The second-order valence-corrected chi connectivity index (χ2v) is 4.46. The van der Waals surface area contributed by atoms with Crippen molar-refractivity contribution < 1.29 is 9.53 Å². The van der Waals surface area contributed by atoms with Gasteiger partial charge in [-0.1, -0.05) is 42.5 Å². The van der Waals surface area contributed by atoms with Crippen LogP contribution in [0.25, 0.3) is 0 Å². The lowest BCUT2D eigenvalue weighted by atomic mass is 10.1. The monoisotopic (exact) mass is 255 g/mol. The topological polar surface area (TPSA) is 52.3 Å². The molecule has 0 saturated heterocycles. The van der Waals surface area contributed by atoms with E-state index in [-0.39, 0.29) is 12.4 Å². The lowest BCUT2D eigenvalue weighted by molar-refractivity contribution is -0.144. The number of benzene rings is 2. The number of hydrogen-bond donors (Lipinski definition) is 1. The number of para-hydroxylation sites is 1. The smallest absolute Gasteiger partial charge is 0.310 e. The molecule has 3 heteroatoms. The first kappa shape index (κ1) is 13.1. The third kappa shape index (κ3) is 3.58. The molecule has 0 spiro atoms. The number of rotatable bonds is 4. The van der Waals surface area contributed by atoms with E-state index in [2.05, 4.69) is 0 Å². The van der Waals surface area contributed by atoms with Crippen LogP contribution < -0.4 is 5.73 Å². The highest BCUT2D eigenvalue weighted by molar-refractivity contribution is 5.74. The maximum atomic E-state index is 11.8. The van der Waals surface area contributed by atoms with Gasteiger partial charge in [0.05, 0.1) is 6.42 Å². The normalized spacial score (nSPS) is 10.2. The zero-order valence-electron chi connectivity index (χ0n) is 10.9. The largest absolute Gasteiger partial charge is 0.461 e. The molecule has 0 amide bonds. The van der Waals surface area contributed by atoms with Crippen molar-refractivity contribution in [2.24, 2.45) is 0 Å². The molecular weight excluding hydrogens is 238 g/mol. The van der Waals surface area contributed by atoms with Crippen LogP contribution in [-0.2, 0) is 22.6 Å². The van der Waals surface area contributed by atoms with Gasteiger partial charge >= 0.3 is 5.97 Å². The van der Waals surface area contributed by atoms with Crippen molar-refractivity contribution in [3.63, 3.8) is 0 Å². The van der Waals surface area contributed by atoms with Crippen LogP contribution in [0.15, 0.2) is 48.5 Å². The summed E-state index contributed by atoms with van der Waals surface area (Å²) in [5.74, 6) is -0.263. The Labute approximate surface area is 113 Å². The predicted molar refractivity (Wildman–Crippen MR) is 75.5 cm³/mol. The number of aryl methyl sites for hydroxylation is 1. The molecular formula is C16H17NO2. The minimum atomic E-state index is -0.263. The van der Waals surface area contributed by atoms with E-state index in [1.165, 1.54) is 0 Å². The zero-order chi connectivity index (χ0) is 13.7. The molecule has 2 aromatic rings. The second-order valence-electron chi connectivity index (χ2n) is 4.46. The van der Waals surface area contributed by atoms with Crippen LogP contribution >= 0.6 is 0 Å². The van der Waals surface area contributed by atoms with Gasteiger partial charge in [0, 0.05) is 5.69 Å². The molecule has 2 rings (SSSR count). The Kier molecular flexibility index (Phi) is 4.18. The second kappa shape index (κ2) is 6.05. The number of anilines is 1. The lowest BCUT2D eigenvalue weighted by Gasteiger charge is -2.08. The number of carbonyl (C=O) groups excluding carboxylic acids is 1. The van der Waals surface area contributed by atoms with Crippen molar-refractivity contribution in [2.75, 3.05) is 5.73 Å². The van der Waals surface area contributed by atoms with Crippen LogP contribution in [-0.4, -0.2) is 5.97 Å². The van der Waals surface area contributed by atoms with Crippen molar-refractivity contribution >= 4 is 11.7 Å². The Balaban J connectivity index is 1.92. The highest BCUT2D eigenvalue weighted by atomic mass is 16.5. The van der Waals surface area contributed by atoms with Gasteiger partial charge in [0.25, 0.3) is 0 Å². The molecule has 0 fully saturated rings. The van der Waals surface area contributed by atoms with Gasteiger partial charge in [-0.15, -0.1) is 0 Å². The maximum Gasteiger partial charge on any atom is 0.310 e. The van der Waals surface area contributed by atoms with E-state index >= 15 is 0 Å². The molecule has 0 aliphatic carbocycles. The van der Waals surface area contributed by atoms with E-state index in [1.54, 1.807) is 6.07 Å². The van der Waals surface area contributed by atoms with Gasteiger partial charge < -0.3 is 10.5 Å². The highest BCUT2D eigenvalue weighted by Gasteiger charge is 2.08. The summed E-state index contributed by atoms with van der Waals surface area (Å²) in [6, 6.07) is 15.2. The van der Waals surface area contributed by atoms with Crippen molar-refractivity contribution in [3.8, 4) is 0 Å². The van der Waals surface area contributed by atoms with E-state index in [0.29, 0.717) is 12.3 Å². The highest BCUT2D eigenvalue weighted by Crippen LogP contribution is 2.13. The van der Waals surface area contributed by atoms with Crippen molar-refractivity contribution in [1.82, 2.24) is 0 Å². The Morgan fingerprint density at radius 3 is 2.37 bits per heavy atom. The van der Waals surface area contributed by atoms with Crippen molar-refractivity contribution in [3.05, 3.63) is 65.2 Å². The summed E-state index contributed by atoms with van der Waals surface area (Å²) in [4.78, 5) is 11.8. The zero-order valence-corrected chi connectivity index (χ0v) is 10.9. The van der Waals surface area contributed by atoms with E-state index in [4.69, 9.17) is 10.5 Å². The van der Waals surface area contributed by atoms with E-state index in [0.717, 1.165) is 16.7 Å². The molecule has 0 aromatic heterocycles. The quantitative estimate of drug-likeness (QED) is 0.675. The van der Waals surface area contributed by atoms with Gasteiger partial charge in [0.1, 0.15) is 6.61 Å². The number of ether oxygens (including phenoxy) is 1. The molecule has 2 aromatic carbocycles. The van der Waals surface area contributed by atoms with Gasteiger partial charge in [-0.2, -0.15) is 0 Å².